The number of benzene rings is 2. The van der Waals surface area contributed by atoms with E-state index in [0.29, 0.717) is 35.1 Å². The number of aromatic amines is 1. The molecule has 2 atom stereocenters. The van der Waals surface area contributed by atoms with Crippen molar-refractivity contribution >= 4 is 47.7 Å². The summed E-state index contributed by atoms with van der Waals surface area (Å²) < 4.78 is 15.7. The number of nitrogens with zero attached hydrogens (tertiary/aromatic N) is 4. The summed E-state index contributed by atoms with van der Waals surface area (Å²) in [5, 5.41) is 14.0. The first-order chi connectivity index (χ1) is 22.1. The van der Waals surface area contributed by atoms with Crippen molar-refractivity contribution < 1.29 is 19.1 Å². The number of aliphatic hydroxyl groups is 1. The van der Waals surface area contributed by atoms with Crippen molar-refractivity contribution in [3.8, 4) is 0 Å². The molecule has 3 saturated heterocycles. The highest BCUT2D eigenvalue weighted by molar-refractivity contribution is 5.95. The molecule has 48 heavy (non-hydrogen) atoms. The molecule has 2 aromatic carbocycles. The van der Waals surface area contributed by atoms with Gasteiger partial charge in [0.15, 0.2) is 0 Å². The molecule has 2 bridgehead atoms. The Bertz CT molecular complexity index is 1640. The average molecular weight is 704 g/mol. The number of amides is 2. The van der Waals surface area contributed by atoms with E-state index in [-0.39, 0.29) is 36.8 Å². The van der Waals surface area contributed by atoms with Gasteiger partial charge in [-0.25, -0.2) is 4.39 Å². The van der Waals surface area contributed by atoms with E-state index < -0.39 is 17.3 Å². The SMILES string of the molecule is CC(C)(O)C1CCN(Cc2ccc3[nH]/c(=N\C(=O)c4ccc(F)cc4)n([C@H]4CC[C@@H](C(=O)N5C6CCC5CNC6)CC4)c3c2)CC1.Cl.Cl. The second-order valence-electron chi connectivity index (χ2n) is 14.6. The highest BCUT2D eigenvalue weighted by atomic mass is 35.5. The van der Waals surface area contributed by atoms with Gasteiger partial charge in [-0.2, -0.15) is 4.99 Å². The molecule has 262 valence electrons. The van der Waals surface area contributed by atoms with Gasteiger partial charge in [-0.3, -0.25) is 14.5 Å². The Balaban J connectivity index is 0.00000225. The second kappa shape index (κ2) is 15.0. The van der Waals surface area contributed by atoms with Gasteiger partial charge in [0.1, 0.15) is 5.82 Å². The van der Waals surface area contributed by atoms with Crippen LogP contribution >= 0.6 is 24.8 Å². The number of piperazine rings is 1. The van der Waals surface area contributed by atoms with Crippen LogP contribution in [0.2, 0.25) is 0 Å². The third-order valence-corrected chi connectivity index (χ3v) is 11.1. The molecule has 1 aromatic heterocycles. The molecule has 4 aliphatic rings. The van der Waals surface area contributed by atoms with Gasteiger partial charge in [-0.05, 0) is 126 Å². The number of rotatable bonds is 6. The average Bonchev–Trinajstić information content (AvgIpc) is 3.52. The number of nitrogens with one attached hydrogen (secondary N) is 2. The van der Waals surface area contributed by atoms with Crippen molar-refractivity contribution in [1.82, 2.24) is 24.7 Å². The number of piperidine rings is 1. The number of likely N-dealkylation sites (tertiary alicyclic amines) is 1. The van der Waals surface area contributed by atoms with Crippen molar-refractivity contribution in [3.05, 3.63) is 65.0 Å². The predicted octanol–water partition coefficient (Wildman–Crippen LogP) is 5.37. The lowest BCUT2D eigenvalue weighted by atomic mass is 9.83. The van der Waals surface area contributed by atoms with E-state index in [1.165, 1.54) is 29.8 Å². The normalized spacial score (nSPS) is 25.5. The lowest BCUT2D eigenvalue weighted by Crippen LogP contribution is -2.55. The second-order valence-corrected chi connectivity index (χ2v) is 14.6. The number of H-pyrrole nitrogens is 1. The van der Waals surface area contributed by atoms with Gasteiger partial charge >= 0.3 is 0 Å². The molecule has 3 N–H and O–H groups in total. The van der Waals surface area contributed by atoms with Crippen LogP contribution in [-0.2, 0) is 11.3 Å². The van der Waals surface area contributed by atoms with E-state index in [1.54, 1.807) is 0 Å². The summed E-state index contributed by atoms with van der Waals surface area (Å²) >= 11 is 0. The van der Waals surface area contributed by atoms with Crippen LogP contribution in [0.25, 0.3) is 11.0 Å². The van der Waals surface area contributed by atoms with Crippen LogP contribution in [-0.4, -0.2) is 80.1 Å². The topological polar surface area (TPSA) is 106 Å². The van der Waals surface area contributed by atoms with Crippen molar-refractivity contribution in [1.29, 1.82) is 0 Å². The lowest BCUT2D eigenvalue weighted by Gasteiger charge is -2.39. The van der Waals surface area contributed by atoms with Gasteiger partial charge in [-0.1, -0.05) is 6.07 Å². The first kappa shape index (κ1) is 36.5. The summed E-state index contributed by atoms with van der Waals surface area (Å²) in [5.41, 5.74) is 3.27. The monoisotopic (exact) mass is 702 g/mol. The molecule has 7 rings (SSSR count). The van der Waals surface area contributed by atoms with Crippen LogP contribution in [0.1, 0.15) is 87.2 Å². The molecule has 0 radical (unpaired) electrons. The zero-order valence-corrected chi connectivity index (χ0v) is 29.5. The zero-order valence-electron chi connectivity index (χ0n) is 27.9. The number of hydrogen-bond acceptors (Lipinski definition) is 5. The smallest absolute Gasteiger partial charge is 0.280 e. The van der Waals surface area contributed by atoms with Gasteiger partial charge in [0, 0.05) is 49.2 Å². The third kappa shape index (κ3) is 7.53. The van der Waals surface area contributed by atoms with E-state index in [9.17, 15) is 19.1 Å². The molecule has 3 aliphatic heterocycles. The number of halogens is 3. The molecular formula is C36H49Cl2FN6O3. The lowest BCUT2D eigenvalue weighted by molar-refractivity contribution is -0.140. The molecule has 4 heterocycles. The summed E-state index contributed by atoms with van der Waals surface area (Å²) in [7, 11) is 0. The molecule has 1 aliphatic carbocycles. The molecule has 3 aromatic rings. The molecule has 9 nitrogen and oxygen atoms in total. The van der Waals surface area contributed by atoms with Crippen LogP contribution < -0.4 is 10.9 Å². The molecular weight excluding hydrogens is 654 g/mol. The fourth-order valence-electron chi connectivity index (χ4n) is 8.47. The molecule has 1 saturated carbocycles. The van der Waals surface area contributed by atoms with Gasteiger partial charge < -0.3 is 24.9 Å². The minimum Gasteiger partial charge on any atom is -0.390 e. The van der Waals surface area contributed by atoms with Crippen molar-refractivity contribution in [2.24, 2.45) is 16.8 Å². The van der Waals surface area contributed by atoms with E-state index in [1.807, 2.05) is 13.8 Å². The maximum Gasteiger partial charge on any atom is 0.280 e. The van der Waals surface area contributed by atoms with Crippen molar-refractivity contribution in [2.75, 3.05) is 26.2 Å². The largest absolute Gasteiger partial charge is 0.390 e. The van der Waals surface area contributed by atoms with Crippen molar-refractivity contribution in [3.63, 3.8) is 0 Å². The standard InChI is InChI=1S/C36H47FN6O3.2ClH/c1-36(2,46)26-15-17-41(18-16-26)22-23-3-14-31-32(19-23)43(35(39-31)40-33(44)24-4-8-27(37)9-5-24)28-10-6-25(7-11-28)34(45)42-29-12-13-30(42)21-38-20-29;;/h3-5,8-9,14,19,25-26,28-30,38,46H,6-7,10-13,15-18,20-22H2,1-2H3,(H,39,40,44);2*1H/t25-,28+,29?,30?;;. The van der Waals surface area contributed by atoms with E-state index in [0.717, 1.165) is 95.1 Å². The Labute approximate surface area is 294 Å². The number of hydrogen-bond donors (Lipinski definition) is 3. The molecule has 0 spiro atoms. The first-order valence-electron chi connectivity index (χ1n) is 17.2. The van der Waals surface area contributed by atoms with Crippen LogP contribution in [0, 0.1) is 17.7 Å². The molecule has 2 amide bonds. The van der Waals surface area contributed by atoms with E-state index >= 15 is 0 Å². The predicted molar refractivity (Wildman–Crippen MR) is 189 cm³/mol. The van der Waals surface area contributed by atoms with Gasteiger partial charge in [0.25, 0.3) is 5.91 Å². The summed E-state index contributed by atoms with van der Waals surface area (Å²) in [4.78, 5) is 39.5. The maximum atomic E-state index is 13.7. The quantitative estimate of drug-likeness (QED) is 0.321. The van der Waals surface area contributed by atoms with Gasteiger partial charge in [0.2, 0.25) is 11.5 Å². The van der Waals surface area contributed by atoms with E-state index in [2.05, 4.69) is 47.9 Å². The van der Waals surface area contributed by atoms with Crippen molar-refractivity contribution in [2.45, 2.75) is 95.5 Å². The van der Waals surface area contributed by atoms with E-state index in [4.69, 9.17) is 0 Å². The van der Waals surface area contributed by atoms with Crippen LogP contribution in [0.5, 0.6) is 0 Å². The highest BCUT2D eigenvalue weighted by Gasteiger charge is 2.42. The Morgan fingerprint density at radius 3 is 2.15 bits per heavy atom. The number of imidazole rings is 1. The van der Waals surface area contributed by atoms with Gasteiger partial charge in [0.05, 0.1) is 16.6 Å². The Hall–Kier alpha value is -2.76. The van der Waals surface area contributed by atoms with Crippen LogP contribution in [0.4, 0.5) is 4.39 Å². The Morgan fingerprint density at radius 2 is 1.52 bits per heavy atom. The Kier molecular flexibility index (Phi) is 11.4. The minimum absolute atomic E-state index is 0. The molecule has 4 fully saturated rings. The minimum atomic E-state index is -0.652. The zero-order chi connectivity index (χ0) is 32.0. The third-order valence-electron chi connectivity index (χ3n) is 11.1. The number of aromatic nitrogens is 2. The first-order valence-corrected chi connectivity index (χ1v) is 17.2. The van der Waals surface area contributed by atoms with Crippen LogP contribution in [0.15, 0.2) is 47.5 Å². The summed E-state index contributed by atoms with van der Waals surface area (Å²) in [6.45, 7) is 8.32. The Morgan fingerprint density at radius 1 is 0.896 bits per heavy atom. The number of carbonyl (C=O) groups excluding carboxylic acids is 2. The maximum absolute atomic E-state index is 13.7. The number of carbonyl (C=O) groups is 2. The fourth-order valence-corrected chi connectivity index (χ4v) is 8.47. The van der Waals surface area contributed by atoms with Gasteiger partial charge in [-0.15, -0.1) is 24.8 Å². The van der Waals surface area contributed by atoms with Crippen LogP contribution in [0.3, 0.4) is 0 Å². The summed E-state index contributed by atoms with van der Waals surface area (Å²) in [6, 6.07) is 12.7. The fraction of sp³-hybridized carbons (Fsp3) is 0.583. The highest BCUT2D eigenvalue weighted by Crippen LogP contribution is 2.37. The summed E-state index contributed by atoms with van der Waals surface area (Å²) in [5.74, 6) is -0.151. The molecule has 12 heteroatoms. The number of fused-ring (bicyclic) bond motifs is 3. The summed E-state index contributed by atoms with van der Waals surface area (Å²) in [6.07, 6.45) is 7.42. The molecule has 2 unspecified atom stereocenters.